The number of aromatic amines is 1. The minimum Gasteiger partial charge on any atom is -0.342 e. The van der Waals surface area contributed by atoms with Gasteiger partial charge in [-0.2, -0.15) is 0 Å². The van der Waals surface area contributed by atoms with Crippen LogP contribution in [0.4, 0.5) is 0 Å². The van der Waals surface area contributed by atoms with Crippen LogP contribution in [0.15, 0.2) is 54.7 Å². The third-order valence-corrected chi connectivity index (χ3v) is 3.47. The summed E-state index contributed by atoms with van der Waals surface area (Å²) < 4.78 is 0. The molecule has 0 atom stereocenters. The Bertz CT molecular complexity index is 747. The number of hydrogen-bond acceptors (Lipinski definition) is 1. The fraction of sp³-hybridized carbons (Fsp3) is 0.105. The van der Waals surface area contributed by atoms with E-state index in [9.17, 15) is 0 Å². The summed E-state index contributed by atoms with van der Waals surface area (Å²) in [6.07, 6.45) is 6.13. The molecule has 0 spiro atoms. The molecule has 0 radical (unpaired) electrons. The van der Waals surface area contributed by atoms with E-state index in [2.05, 4.69) is 77.6 Å². The Balaban J connectivity index is 1.76. The van der Waals surface area contributed by atoms with E-state index in [1.54, 1.807) is 0 Å². The number of H-pyrrole nitrogens is 1. The largest absolute Gasteiger partial charge is 0.342 e. The van der Waals surface area contributed by atoms with Crippen molar-refractivity contribution < 1.29 is 0 Å². The van der Waals surface area contributed by atoms with Gasteiger partial charge in [0.05, 0.1) is 11.9 Å². The first-order valence-corrected chi connectivity index (χ1v) is 7.07. The molecule has 0 saturated carbocycles. The number of nitrogens with zero attached hydrogens (tertiary/aromatic N) is 1. The SMILES string of the molecule is Cc1ccc(/C=C/c2ccc(-c3cnc(C)[nH]3)cc2)cc1. The van der Waals surface area contributed by atoms with Crippen LogP contribution in [0.25, 0.3) is 23.4 Å². The lowest BCUT2D eigenvalue weighted by molar-refractivity contribution is 1.15. The number of benzene rings is 2. The zero-order chi connectivity index (χ0) is 14.7. The molecule has 0 unspecified atom stereocenters. The molecule has 1 heterocycles. The van der Waals surface area contributed by atoms with Crippen LogP contribution >= 0.6 is 0 Å². The van der Waals surface area contributed by atoms with Crippen LogP contribution in [0.5, 0.6) is 0 Å². The summed E-state index contributed by atoms with van der Waals surface area (Å²) >= 11 is 0. The van der Waals surface area contributed by atoms with Crippen LogP contribution in [0.1, 0.15) is 22.5 Å². The lowest BCUT2D eigenvalue weighted by Crippen LogP contribution is -1.79. The lowest BCUT2D eigenvalue weighted by atomic mass is 10.1. The smallest absolute Gasteiger partial charge is 0.103 e. The van der Waals surface area contributed by atoms with Gasteiger partial charge in [-0.1, -0.05) is 66.2 Å². The van der Waals surface area contributed by atoms with Crippen LogP contribution in [0, 0.1) is 13.8 Å². The van der Waals surface area contributed by atoms with Crippen molar-refractivity contribution in [1.29, 1.82) is 0 Å². The van der Waals surface area contributed by atoms with Gasteiger partial charge in [-0.25, -0.2) is 4.98 Å². The van der Waals surface area contributed by atoms with Crippen LogP contribution in [-0.4, -0.2) is 9.97 Å². The van der Waals surface area contributed by atoms with Crippen LogP contribution in [0.2, 0.25) is 0 Å². The zero-order valence-corrected chi connectivity index (χ0v) is 12.3. The third-order valence-electron chi connectivity index (χ3n) is 3.47. The molecule has 1 aromatic heterocycles. The Morgan fingerprint density at radius 1 is 0.810 bits per heavy atom. The minimum atomic E-state index is 0.938. The standard InChI is InChI=1S/C19H18N2/c1-14-3-5-16(6-4-14)7-8-17-9-11-18(12-10-17)19-13-20-15(2)21-19/h3-13H,1-2H3,(H,20,21)/b8-7+. The molecule has 1 N–H and O–H groups in total. The Labute approximate surface area is 125 Å². The van der Waals surface area contributed by atoms with Crippen molar-refractivity contribution in [3.05, 3.63) is 77.2 Å². The summed E-state index contributed by atoms with van der Waals surface area (Å²) in [5.74, 6) is 0.938. The highest BCUT2D eigenvalue weighted by Gasteiger charge is 1.99. The summed E-state index contributed by atoms with van der Waals surface area (Å²) in [5, 5.41) is 0. The van der Waals surface area contributed by atoms with E-state index < -0.39 is 0 Å². The predicted octanol–water partition coefficient (Wildman–Crippen LogP) is 4.86. The van der Waals surface area contributed by atoms with Crippen molar-refractivity contribution in [3.8, 4) is 11.3 Å². The molecular weight excluding hydrogens is 256 g/mol. The molecule has 0 aliphatic rings. The van der Waals surface area contributed by atoms with E-state index in [0.717, 1.165) is 17.1 Å². The highest BCUT2D eigenvalue weighted by molar-refractivity contribution is 5.71. The number of imidazole rings is 1. The molecule has 3 aromatic rings. The first-order valence-electron chi connectivity index (χ1n) is 7.07. The number of nitrogens with one attached hydrogen (secondary N) is 1. The van der Waals surface area contributed by atoms with Gasteiger partial charge in [-0.05, 0) is 30.5 Å². The van der Waals surface area contributed by atoms with Gasteiger partial charge in [-0.3, -0.25) is 0 Å². The van der Waals surface area contributed by atoms with Gasteiger partial charge in [0.25, 0.3) is 0 Å². The topological polar surface area (TPSA) is 28.7 Å². The predicted molar refractivity (Wildman–Crippen MR) is 88.9 cm³/mol. The minimum absolute atomic E-state index is 0.938. The fourth-order valence-electron chi connectivity index (χ4n) is 2.21. The van der Waals surface area contributed by atoms with Crippen LogP contribution < -0.4 is 0 Å². The number of aromatic nitrogens is 2. The second-order valence-corrected chi connectivity index (χ2v) is 5.25. The Morgan fingerprint density at radius 3 is 1.90 bits per heavy atom. The van der Waals surface area contributed by atoms with Crippen molar-refractivity contribution in [3.63, 3.8) is 0 Å². The number of hydrogen-bond donors (Lipinski definition) is 1. The molecule has 2 heteroatoms. The van der Waals surface area contributed by atoms with Gasteiger partial charge in [0, 0.05) is 0 Å². The van der Waals surface area contributed by atoms with Crippen LogP contribution in [-0.2, 0) is 0 Å². The summed E-state index contributed by atoms with van der Waals surface area (Å²) in [4.78, 5) is 7.47. The van der Waals surface area contributed by atoms with E-state index in [-0.39, 0.29) is 0 Å². The first-order chi connectivity index (χ1) is 10.2. The monoisotopic (exact) mass is 274 g/mol. The maximum atomic E-state index is 4.23. The molecule has 0 fully saturated rings. The van der Waals surface area contributed by atoms with Gasteiger partial charge in [0.2, 0.25) is 0 Å². The van der Waals surface area contributed by atoms with Crippen molar-refractivity contribution in [2.24, 2.45) is 0 Å². The van der Waals surface area contributed by atoms with Gasteiger partial charge in [0.15, 0.2) is 0 Å². The second-order valence-electron chi connectivity index (χ2n) is 5.25. The van der Waals surface area contributed by atoms with Crippen molar-refractivity contribution in [2.75, 3.05) is 0 Å². The first kappa shape index (κ1) is 13.4. The molecule has 21 heavy (non-hydrogen) atoms. The van der Waals surface area contributed by atoms with Gasteiger partial charge in [0.1, 0.15) is 5.82 Å². The normalized spacial score (nSPS) is 11.1. The molecular formula is C19H18N2. The highest BCUT2D eigenvalue weighted by Crippen LogP contribution is 2.18. The molecule has 0 aliphatic heterocycles. The summed E-state index contributed by atoms with van der Waals surface area (Å²) in [6, 6.07) is 17.0. The van der Waals surface area contributed by atoms with Crippen molar-refractivity contribution in [2.45, 2.75) is 13.8 Å². The molecule has 104 valence electrons. The summed E-state index contributed by atoms with van der Waals surface area (Å²) in [7, 11) is 0. The fourth-order valence-corrected chi connectivity index (χ4v) is 2.21. The van der Waals surface area contributed by atoms with E-state index in [1.165, 1.54) is 16.7 Å². The number of rotatable bonds is 3. The second kappa shape index (κ2) is 5.80. The van der Waals surface area contributed by atoms with Gasteiger partial charge in [-0.15, -0.1) is 0 Å². The Morgan fingerprint density at radius 2 is 1.38 bits per heavy atom. The Hall–Kier alpha value is -2.61. The molecule has 2 aromatic carbocycles. The Kier molecular flexibility index (Phi) is 3.69. The van der Waals surface area contributed by atoms with E-state index in [4.69, 9.17) is 0 Å². The molecule has 0 aliphatic carbocycles. The molecule has 0 amide bonds. The van der Waals surface area contributed by atoms with E-state index >= 15 is 0 Å². The molecule has 2 nitrogen and oxygen atoms in total. The van der Waals surface area contributed by atoms with Crippen molar-refractivity contribution in [1.82, 2.24) is 9.97 Å². The molecule has 3 rings (SSSR count). The van der Waals surface area contributed by atoms with E-state index in [0.29, 0.717) is 0 Å². The van der Waals surface area contributed by atoms with Crippen molar-refractivity contribution >= 4 is 12.2 Å². The molecule has 0 saturated heterocycles. The average Bonchev–Trinajstić information content (AvgIpc) is 2.94. The van der Waals surface area contributed by atoms with E-state index in [1.807, 2.05) is 13.1 Å². The average molecular weight is 274 g/mol. The maximum absolute atomic E-state index is 4.23. The summed E-state index contributed by atoms with van der Waals surface area (Å²) in [6.45, 7) is 4.06. The number of aryl methyl sites for hydroxylation is 2. The summed E-state index contributed by atoms with van der Waals surface area (Å²) in [5.41, 5.74) is 5.90. The van der Waals surface area contributed by atoms with Gasteiger partial charge < -0.3 is 4.98 Å². The third kappa shape index (κ3) is 3.29. The zero-order valence-electron chi connectivity index (χ0n) is 12.3. The molecule has 0 bridgehead atoms. The van der Waals surface area contributed by atoms with Crippen LogP contribution in [0.3, 0.4) is 0 Å². The van der Waals surface area contributed by atoms with Gasteiger partial charge >= 0.3 is 0 Å². The maximum Gasteiger partial charge on any atom is 0.103 e. The quantitative estimate of drug-likeness (QED) is 0.679. The lowest BCUT2D eigenvalue weighted by Gasteiger charge is -1.99. The highest BCUT2D eigenvalue weighted by atomic mass is 14.9.